The van der Waals surface area contributed by atoms with Crippen molar-refractivity contribution >= 4 is 17.5 Å². The van der Waals surface area contributed by atoms with E-state index in [1.807, 2.05) is 18.2 Å². The maximum Gasteiger partial charge on any atom is 0.227 e. The number of carbonyl (C=O) groups is 1. The lowest BCUT2D eigenvalue weighted by Crippen LogP contribution is -2.38. The zero-order valence-electron chi connectivity index (χ0n) is 9.66. The first-order chi connectivity index (χ1) is 8.25. The van der Waals surface area contributed by atoms with Gasteiger partial charge in [0.25, 0.3) is 0 Å². The maximum atomic E-state index is 12.0. The molecule has 2 aliphatic carbocycles. The molecule has 1 fully saturated rings. The van der Waals surface area contributed by atoms with Crippen molar-refractivity contribution in [2.24, 2.45) is 5.92 Å². The molecule has 0 aromatic heterocycles. The highest BCUT2D eigenvalue weighted by Crippen LogP contribution is 2.36. The molecule has 1 N–H and O–H groups in total. The lowest BCUT2D eigenvalue weighted by atomic mass is 9.77. The molecule has 2 nitrogen and oxygen atoms in total. The molecule has 0 saturated heterocycles. The van der Waals surface area contributed by atoms with E-state index in [1.54, 1.807) is 0 Å². The molecule has 0 aliphatic heterocycles. The van der Waals surface area contributed by atoms with Crippen molar-refractivity contribution in [3.05, 3.63) is 35.4 Å². The number of fused-ring (bicyclic) bond motifs is 1. The smallest absolute Gasteiger partial charge is 0.227 e. The molecule has 0 radical (unpaired) electrons. The largest absolute Gasteiger partial charge is 0.354 e. The van der Waals surface area contributed by atoms with Gasteiger partial charge in [0.1, 0.15) is 0 Å². The molecule has 1 aromatic rings. The summed E-state index contributed by atoms with van der Waals surface area (Å²) in [5, 5.41) is 3.10. The fourth-order valence-corrected chi connectivity index (χ4v) is 2.77. The molecule has 0 heterocycles. The number of carbonyl (C=O) groups excluding carboxylic acids is 1. The van der Waals surface area contributed by atoms with Crippen LogP contribution in [-0.4, -0.2) is 17.8 Å². The van der Waals surface area contributed by atoms with Gasteiger partial charge in [-0.25, -0.2) is 0 Å². The first-order valence-corrected chi connectivity index (χ1v) is 6.69. The highest BCUT2D eigenvalue weighted by Gasteiger charge is 2.33. The Labute approximate surface area is 106 Å². The van der Waals surface area contributed by atoms with E-state index in [0.29, 0.717) is 12.5 Å². The Bertz CT molecular complexity index is 442. The highest BCUT2D eigenvalue weighted by atomic mass is 35.5. The standard InChI is InChI=1S/C14H16ClNO/c15-13(9-5-6-9)8-16-14(17)12-7-10-3-1-2-4-11(10)12/h1-4,9,12-13H,5-8H2,(H,16,17). The molecule has 3 rings (SSSR count). The van der Waals surface area contributed by atoms with E-state index in [-0.39, 0.29) is 17.2 Å². The molecular formula is C14H16ClNO. The summed E-state index contributed by atoms with van der Waals surface area (Å²) in [5.41, 5.74) is 2.49. The average Bonchev–Trinajstić information content (AvgIpc) is 3.11. The van der Waals surface area contributed by atoms with Crippen LogP contribution < -0.4 is 5.32 Å². The number of hydrogen-bond acceptors (Lipinski definition) is 1. The van der Waals surface area contributed by atoms with E-state index in [0.717, 1.165) is 6.42 Å². The Morgan fingerprint density at radius 3 is 2.88 bits per heavy atom. The molecule has 3 heteroatoms. The van der Waals surface area contributed by atoms with Crippen LogP contribution in [0.2, 0.25) is 0 Å². The summed E-state index contributed by atoms with van der Waals surface area (Å²) in [6.07, 6.45) is 3.31. The third-order valence-electron chi connectivity index (χ3n) is 3.78. The molecule has 17 heavy (non-hydrogen) atoms. The SMILES string of the molecule is O=C(NCC(Cl)C1CC1)C1Cc2ccccc21. The van der Waals surface area contributed by atoms with Crippen LogP contribution in [0.4, 0.5) is 0 Å². The fourth-order valence-electron chi connectivity index (χ4n) is 2.44. The number of halogens is 1. The van der Waals surface area contributed by atoms with Crippen LogP contribution in [0.5, 0.6) is 0 Å². The minimum atomic E-state index is 0.0502. The van der Waals surface area contributed by atoms with Crippen molar-refractivity contribution in [1.29, 1.82) is 0 Å². The van der Waals surface area contributed by atoms with Gasteiger partial charge in [-0.05, 0) is 36.3 Å². The average molecular weight is 250 g/mol. The molecule has 1 amide bonds. The zero-order valence-corrected chi connectivity index (χ0v) is 10.4. The van der Waals surface area contributed by atoms with Gasteiger partial charge >= 0.3 is 0 Å². The Morgan fingerprint density at radius 1 is 1.41 bits per heavy atom. The van der Waals surface area contributed by atoms with Gasteiger partial charge in [-0.3, -0.25) is 4.79 Å². The number of nitrogens with one attached hydrogen (secondary N) is 1. The second-order valence-corrected chi connectivity index (χ2v) is 5.61. The predicted octanol–water partition coefficient (Wildman–Crippen LogP) is 2.46. The normalized spacial score (nSPS) is 23.5. The first kappa shape index (κ1) is 11.1. The summed E-state index contributed by atoms with van der Waals surface area (Å²) in [7, 11) is 0. The molecule has 2 aliphatic rings. The number of amides is 1. The lowest BCUT2D eigenvalue weighted by Gasteiger charge is -2.29. The number of hydrogen-bond donors (Lipinski definition) is 1. The van der Waals surface area contributed by atoms with Gasteiger partial charge < -0.3 is 5.32 Å². The van der Waals surface area contributed by atoms with Crippen LogP contribution in [0.1, 0.15) is 29.9 Å². The number of rotatable bonds is 4. The van der Waals surface area contributed by atoms with Crippen LogP contribution in [0.3, 0.4) is 0 Å². The van der Waals surface area contributed by atoms with Gasteiger partial charge in [-0.1, -0.05) is 24.3 Å². The number of alkyl halides is 1. The summed E-state index contributed by atoms with van der Waals surface area (Å²) in [6, 6.07) is 8.15. The van der Waals surface area contributed by atoms with E-state index >= 15 is 0 Å². The zero-order chi connectivity index (χ0) is 11.8. The summed E-state index contributed by atoms with van der Waals surface area (Å²) in [6.45, 7) is 0.615. The monoisotopic (exact) mass is 249 g/mol. The van der Waals surface area contributed by atoms with Crippen molar-refractivity contribution in [1.82, 2.24) is 5.32 Å². The van der Waals surface area contributed by atoms with E-state index in [2.05, 4.69) is 11.4 Å². The van der Waals surface area contributed by atoms with Crippen LogP contribution in [0, 0.1) is 5.92 Å². The van der Waals surface area contributed by atoms with Gasteiger partial charge in [0, 0.05) is 6.54 Å². The summed E-state index contributed by atoms with van der Waals surface area (Å²) >= 11 is 6.17. The molecule has 1 saturated carbocycles. The Balaban J connectivity index is 1.54. The third kappa shape index (κ3) is 2.19. The quantitative estimate of drug-likeness (QED) is 0.816. The van der Waals surface area contributed by atoms with Crippen LogP contribution in [0.25, 0.3) is 0 Å². The molecule has 90 valence electrons. The predicted molar refractivity (Wildman–Crippen MR) is 68.3 cm³/mol. The maximum absolute atomic E-state index is 12.0. The van der Waals surface area contributed by atoms with Gasteiger partial charge in [-0.2, -0.15) is 0 Å². The Kier molecular flexibility index (Phi) is 2.83. The van der Waals surface area contributed by atoms with Crippen LogP contribution in [0.15, 0.2) is 24.3 Å². The molecule has 2 unspecified atom stereocenters. The molecule has 1 aromatic carbocycles. The van der Waals surface area contributed by atoms with Gasteiger partial charge in [0.15, 0.2) is 0 Å². The van der Waals surface area contributed by atoms with E-state index < -0.39 is 0 Å². The van der Waals surface area contributed by atoms with Crippen LogP contribution in [-0.2, 0) is 11.2 Å². The molecule has 0 bridgehead atoms. The second kappa shape index (κ2) is 4.34. The van der Waals surface area contributed by atoms with Gasteiger partial charge in [0.05, 0.1) is 11.3 Å². The van der Waals surface area contributed by atoms with Crippen LogP contribution >= 0.6 is 11.6 Å². The Hall–Kier alpha value is -1.02. The van der Waals surface area contributed by atoms with Crippen molar-refractivity contribution in [2.75, 3.05) is 6.54 Å². The molecule has 2 atom stereocenters. The summed E-state index contributed by atoms with van der Waals surface area (Å²) < 4.78 is 0. The summed E-state index contributed by atoms with van der Waals surface area (Å²) in [4.78, 5) is 12.0. The van der Waals surface area contributed by atoms with Crippen molar-refractivity contribution in [2.45, 2.75) is 30.6 Å². The number of benzene rings is 1. The second-order valence-electron chi connectivity index (χ2n) is 5.05. The van der Waals surface area contributed by atoms with Gasteiger partial charge in [-0.15, -0.1) is 11.6 Å². The van der Waals surface area contributed by atoms with Crippen molar-refractivity contribution in [3.63, 3.8) is 0 Å². The fraction of sp³-hybridized carbons (Fsp3) is 0.500. The first-order valence-electron chi connectivity index (χ1n) is 6.25. The highest BCUT2D eigenvalue weighted by molar-refractivity contribution is 6.21. The van der Waals surface area contributed by atoms with E-state index in [9.17, 15) is 4.79 Å². The third-order valence-corrected chi connectivity index (χ3v) is 4.29. The lowest BCUT2D eigenvalue weighted by molar-refractivity contribution is -0.123. The molecule has 0 spiro atoms. The minimum Gasteiger partial charge on any atom is -0.354 e. The topological polar surface area (TPSA) is 29.1 Å². The summed E-state index contributed by atoms with van der Waals surface area (Å²) in [5.74, 6) is 0.815. The minimum absolute atomic E-state index is 0.0502. The van der Waals surface area contributed by atoms with E-state index in [1.165, 1.54) is 24.0 Å². The Morgan fingerprint density at radius 2 is 2.18 bits per heavy atom. The molecular weight excluding hydrogens is 234 g/mol. The van der Waals surface area contributed by atoms with Crippen molar-refractivity contribution < 1.29 is 4.79 Å². The van der Waals surface area contributed by atoms with Crippen molar-refractivity contribution in [3.8, 4) is 0 Å². The van der Waals surface area contributed by atoms with E-state index in [4.69, 9.17) is 11.6 Å². The van der Waals surface area contributed by atoms with Gasteiger partial charge in [0.2, 0.25) is 5.91 Å².